The van der Waals surface area contributed by atoms with Gasteiger partial charge in [-0.25, -0.2) is 8.78 Å². The van der Waals surface area contributed by atoms with Gasteiger partial charge >= 0.3 is 0 Å². The van der Waals surface area contributed by atoms with Crippen molar-refractivity contribution >= 4 is 0 Å². The minimum atomic E-state index is -0.810. The molecule has 0 atom stereocenters. The minimum Gasteiger partial charge on any atom is -0.453 e. The fraction of sp³-hybridized carbons (Fsp3) is 0.188. The van der Waals surface area contributed by atoms with Gasteiger partial charge in [-0.15, -0.1) is 0 Å². The molecule has 0 radical (unpaired) electrons. The molecule has 0 unspecified atom stereocenters. The predicted octanol–water partition coefficient (Wildman–Crippen LogP) is 3.74. The van der Waals surface area contributed by atoms with Crippen LogP contribution in [0.15, 0.2) is 36.4 Å². The highest BCUT2D eigenvalue weighted by atomic mass is 19.1. The molecule has 0 heterocycles. The topological polar surface area (TPSA) is 45.0 Å². The van der Waals surface area contributed by atoms with Gasteiger partial charge in [0.1, 0.15) is 17.6 Å². The number of halogens is 2. The third-order valence-corrected chi connectivity index (χ3v) is 2.86. The predicted molar refractivity (Wildman–Crippen MR) is 75.0 cm³/mol. The van der Waals surface area contributed by atoms with Gasteiger partial charge in [0, 0.05) is 12.6 Å². The molecule has 108 valence electrons. The van der Waals surface area contributed by atoms with E-state index in [2.05, 4.69) is 5.32 Å². The van der Waals surface area contributed by atoms with Gasteiger partial charge in [0.2, 0.25) is 0 Å². The molecule has 1 N–H and O–H groups in total. The third kappa shape index (κ3) is 3.77. The lowest BCUT2D eigenvalue weighted by Crippen LogP contribution is -2.11. The minimum absolute atomic E-state index is 0.118. The summed E-state index contributed by atoms with van der Waals surface area (Å²) in [6.45, 7) is 3.44. The quantitative estimate of drug-likeness (QED) is 0.911. The van der Waals surface area contributed by atoms with Gasteiger partial charge in [0.25, 0.3) is 0 Å². The summed E-state index contributed by atoms with van der Waals surface area (Å²) >= 11 is 0. The first kappa shape index (κ1) is 14.9. The Bertz CT molecular complexity index is 680. The summed E-state index contributed by atoms with van der Waals surface area (Å²) in [7, 11) is 0. The standard InChI is InChI=1S/C16H14F2N2O/c1-2-20-10-11-3-5-15(12(7-11)9-19)21-16-6-4-13(17)8-14(16)18/h3-8,20H,2,10H2,1H3. The average molecular weight is 288 g/mol. The zero-order valence-corrected chi connectivity index (χ0v) is 11.5. The Morgan fingerprint density at radius 1 is 1.14 bits per heavy atom. The normalized spacial score (nSPS) is 10.2. The molecule has 0 aliphatic carbocycles. The van der Waals surface area contributed by atoms with Crippen LogP contribution in [0.4, 0.5) is 8.78 Å². The van der Waals surface area contributed by atoms with E-state index >= 15 is 0 Å². The number of benzene rings is 2. The first-order chi connectivity index (χ1) is 10.1. The van der Waals surface area contributed by atoms with Crippen LogP contribution < -0.4 is 10.1 Å². The van der Waals surface area contributed by atoms with Crippen LogP contribution in [0.3, 0.4) is 0 Å². The van der Waals surface area contributed by atoms with Crippen molar-refractivity contribution in [2.24, 2.45) is 0 Å². The van der Waals surface area contributed by atoms with Crippen LogP contribution in [-0.4, -0.2) is 6.54 Å². The molecule has 0 amide bonds. The fourth-order valence-corrected chi connectivity index (χ4v) is 1.81. The highest BCUT2D eigenvalue weighted by Crippen LogP contribution is 2.28. The monoisotopic (exact) mass is 288 g/mol. The highest BCUT2D eigenvalue weighted by molar-refractivity contribution is 5.47. The summed E-state index contributed by atoms with van der Waals surface area (Å²) in [5.41, 5.74) is 1.23. The Kier molecular flexibility index (Phi) is 4.85. The summed E-state index contributed by atoms with van der Waals surface area (Å²) in [4.78, 5) is 0. The van der Waals surface area contributed by atoms with Crippen LogP contribution in [0.1, 0.15) is 18.1 Å². The van der Waals surface area contributed by atoms with E-state index in [4.69, 9.17) is 10.00 Å². The molecule has 0 fully saturated rings. The van der Waals surface area contributed by atoms with Crippen molar-refractivity contribution in [1.29, 1.82) is 5.26 Å². The number of rotatable bonds is 5. The Morgan fingerprint density at radius 2 is 1.90 bits per heavy atom. The van der Waals surface area contributed by atoms with Crippen LogP contribution >= 0.6 is 0 Å². The van der Waals surface area contributed by atoms with E-state index in [0.717, 1.165) is 24.2 Å². The van der Waals surface area contributed by atoms with Crippen LogP contribution in [0, 0.1) is 23.0 Å². The molecule has 0 aromatic heterocycles. The number of hydrogen-bond acceptors (Lipinski definition) is 3. The molecule has 3 nitrogen and oxygen atoms in total. The molecule has 2 aromatic carbocycles. The van der Waals surface area contributed by atoms with Gasteiger partial charge in [-0.1, -0.05) is 13.0 Å². The van der Waals surface area contributed by atoms with Crippen molar-refractivity contribution in [2.45, 2.75) is 13.5 Å². The van der Waals surface area contributed by atoms with E-state index in [1.165, 1.54) is 6.07 Å². The van der Waals surface area contributed by atoms with Crippen molar-refractivity contribution in [1.82, 2.24) is 5.32 Å². The molecule has 5 heteroatoms. The molecule has 0 aliphatic heterocycles. The Labute approximate surface area is 121 Å². The summed E-state index contributed by atoms with van der Waals surface area (Å²) in [5, 5.41) is 12.3. The van der Waals surface area contributed by atoms with Crippen LogP contribution in [0.5, 0.6) is 11.5 Å². The number of hydrogen-bond donors (Lipinski definition) is 1. The summed E-state index contributed by atoms with van der Waals surface area (Å²) in [6, 6.07) is 10.1. The number of nitrogens with one attached hydrogen (secondary N) is 1. The maximum atomic E-state index is 13.6. The molecular weight excluding hydrogens is 274 g/mol. The van der Waals surface area contributed by atoms with Crippen molar-refractivity contribution in [3.05, 3.63) is 59.2 Å². The van der Waals surface area contributed by atoms with Crippen molar-refractivity contribution in [3.63, 3.8) is 0 Å². The Balaban J connectivity index is 2.25. The zero-order valence-electron chi connectivity index (χ0n) is 11.5. The molecule has 2 rings (SSSR count). The van der Waals surface area contributed by atoms with E-state index in [9.17, 15) is 8.78 Å². The Hall–Kier alpha value is -2.45. The van der Waals surface area contributed by atoms with Gasteiger partial charge in [0.15, 0.2) is 11.6 Å². The lowest BCUT2D eigenvalue weighted by Gasteiger charge is -2.10. The smallest absolute Gasteiger partial charge is 0.168 e. The van der Waals surface area contributed by atoms with E-state index in [1.54, 1.807) is 18.2 Å². The van der Waals surface area contributed by atoms with Gasteiger partial charge < -0.3 is 10.1 Å². The molecule has 0 saturated heterocycles. The number of nitriles is 1. The summed E-state index contributed by atoms with van der Waals surface area (Å²) < 4.78 is 31.8. The van der Waals surface area contributed by atoms with E-state index in [0.29, 0.717) is 12.1 Å². The van der Waals surface area contributed by atoms with E-state index in [1.807, 2.05) is 13.0 Å². The molecule has 2 aromatic rings. The SMILES string of the molecule is CCNCc1ccc(Oc2ccc(F)cc2F)c(C#N)c1. The van der Waals surface area contributed by atoms with Crippen LogP contribution in [0.2, 0.25) is 0 Å². The van der Waals surface area contributed by atoms with Crippen LogP contribution in [-0.2, 0) is 6.54 Å². The van der Waals surface area contributed by atoms with Gasteiger partial charge in [-0.05, 0) is 36.4 Å². The third-order valence-electron chi connectivity index (χ3n) is 2.86. The average Bonchev–Trinajstić information content (AvgIpc) is 2.48. The van der Waals surface area contributed by atoms with Crippen molar-refractivity contribution in [2.75, 3.05) is 6.54 Å². The molecule has 0 aliphatic rings. The zero-order chi connectivity index (χ0) is 15.2. The first-order valence-corrected chi connectivity index (χ1v) is 6.50. The van der Waals surface area contributed by atoms with Gasteiger partial charge in [-0.2, -0.15) is 5.26 Å². The largest absolute Gasteiger partial charge is 0.453 e. The second kappa shape index (κ2) is 6.82. The van der Waals surface area contributed by atoms with Crippen LogP contribution in [0.25, 0.3) is 0 Å². The summed E-state index contributed by atoms with van der Waals surface area (Å²) in [5.74, 6) is -1.37. The second-order valence-electron chi connectivity index (χ2n) is 4.40. The van der Waals surface area contributed by atoms with Gasteiger partial charge in [0.05, 0.1) is 5.56 Å². The van der Waals surface area contributed by atoms with Gasteiger partial charge in [-0.3, -0.25) is 0 Å². The highest BCUT2D eigenvalue weighted by Gasteiger charge is 2.10. The van der Waals surface area contributed by atoms with E-state index < -0.39 is 11.6 Å². The molecule has 0 bridgehead atoms. The number of nitrogens with zero attached hydrogens (tertiary/aromatic N) is 1. The lowest BCUT2D eigenvalue weighted by molar-refractivity contribution is 0.436. The van der Waals surface area contributed by atoms with Crippen molar-refractivity contribution < 1.29 is 13.5 Å². The summed E-state index contributed by atoms with van der Waals surface area (Å²) in [6.07, 6.45) is 0. The second-order valence-corrected chi connectivity index (χ2v) is 4.40. The molecule has 21 heavy (non-hydrogen) atoms. The first-order valence-electron chi connectivity index (χ1n) is 6.50. The Morgan fingerprint density at radius 3 is 2.57 bits per heavy atom. The maximum Gasteiger partial charge on any atom is 0.168 e. The number of ether oxygens (including phenoxy) is 1. The molecular formula is C16H14F2N2O. The fourth-order valence-electron chi connectivity index (χ4n) is 1.81. The van der Waals surface area contributed by atoms with Crippen molar-refractivity contribution in [3.8, 4) is 17.6 Å². The lowest BCUT2D eigenvalue weighted by atomic mass is 10.1. The maximum absolute atomic E-state index is 13.6. The molecule has 0 spiro atoms. The molecule has 0 saturated carbocycles. The van der Waals surface area contributed by atoms with E-state index in [-0.39, 0.29) is 11.5 Å².